The maximum Gasteiger partial charge on any atom is 0.257 e. The van der Waals surface area contributed by atoms with Crippen LogP contribution >= 0.6 is 0 Å². The molecule has 0 saturated carbocycles. The van der Waals surface area contributed by atoms with Crippen molar-refractivity contribution in [2.75, 3.05) is 39.5 Å². The molecule has 0 atom stereocenters. The number of fused-ring (bicyclic) bond motifs is 2. The van der Waals surface area contributed by atoms with Crippen LogP contribution in [0.25, 0.3) is 33.1 Å². The first-order valence-corrected chi connectivity index (χ1v) is 10.4. The third-order valence-electron chi connectivity index (χ3n) is 5.63. The van der Waals surface area contributed by atoms with Gasteiger partial charge in [0.15, 0.2) is 0 Å². The summed E-state index contributed by atoms with van der Waals surface area (Å²) in [5, 5.41) is 2.04. The van der Waals surface area contributed by atoms with Gasteiger partial charge in [-0.05, 0) is 48.2 Å². The minimum Gasteiger partial charge on any atom is -0.494 e. The number of nitrogens with one attached hydrogen (secondary N) is 2. The van der Waals surface area contributed by atoms with Gasteiger partial charge in [-0.1, -0.05) is 18.2 Å². The Morgan fingerprint density at radius 1 is 0.933 bits per heavy atom. The lowest BCUT2D eigenvalue weighted by Gasteiger charge is -2.26. The normalized spacial score (nSPS) is 15.1. The largest absolute Gasteiger partial charge is 0.494 e. The van der Waals surface area contributed by atoms with Crippen molar-refractivity contribution in [1.29, 1.82) is 0 Å². The Morgan fingerprint density at radius 2 is 1.77 bits per heavy atom. The molecule has 0 bridgehead atoms. The molecule has 30 heavy (non-hydrogen) atoms. The van der Waals surface area contributed by atoms with Crippen LogP contribution in [-0.4, -0.2) is 54.3 Å². The number of aromatic nitrogens is 2. The van der Waals surface area contributed by atoms with Crippen molar-refractivity contribution < 1.29 is 9.47 Å². The van der Waals surface area contributed by atoms with Gasteiger partial charge < -0.3 is 19.4 Å². The average Bonchev–Trinajstić information content (AvgIpc) is 3.20. The number of pyridine rings is 1. The van der Waals surface area contributed by atoms with E-state index in [4.69, 9.17) is 9.47 Å². The lowest BCUT2D eigenvalue weighted by atomic mass is 10.1. The molecule has 154 valence electrons. The Balaban J connectivity index is 1.30. The fourth-order valence-electron chi connectivity index (χ4n) is 4.00. The zero-order valence-electron chi connectivity index (χ0n) is 16.8. The summed E-state index contributed by atoms with van der Waals surface area (Å²) in [6.07, 6.45) is 0.989. The summed E-state index contributed by atoms with van der Waals surface area (Å²) in [5.74, 6) is 0.849. The van der Waals surface area contributed by atoms with Crippen molar-refractivity contribution >= 4 is 21.8 Å². The van der Waals surface area contributed by atoms with Crippen molar-refractivity contribution in [2.45, 2.75) is 6.42 Å². The van der Waals surface area contributed by atoms with Crippen molar-refractivity contribution in [2.24, 2.45) is 0 Å². The van der Waals surface area contributed by atoms with Crippen molar-refractivity contribution in [1.82, 2.24) is 14.9 Å². The molecule has 6 heteroatoms. The Morgan fingerprint density at radius 3 is 2.67 bits per heavy atom. The molecule has 1 fully saturated rings. The van der Waals surface area contributed by atoms with Gasteiger partial charge in [-0.25, -0.2) is 0 Å². The van der Waals surface area contributed by atoms with Crippen LogP contribution in [0.3, 0.4) is 0 Å². The molecule has 2 aromatic carbocycles. The van der Waals surface area contributed by atoms with Crippen LogP contribution in [0.15, 0.2) is 59.4 Å². The Hall–Kier alpha value is -3.09. The van der Waals surface area contributed by atoms with E-state index in [0.717, 1.165) is 72.5 Å². The van der Waals surface area contributed by atoms with Gasteiger partial charge in [0.2, 0.25) is 0 Å². The highest BCUT2D eigenvalue weighted by Crippen LogP contribution is 2.27. The van der Waals surface area contributed by atoms with Crippen LogP contribution in [0.1, 0.15) is 6.42 Å². The number of para-hydroxylation sites is 1. The molecular weight excluding hydrogens is 378 g/mol. The van der Waals surface area contributed by atoms with Crippen LogP contribution in [0, 0.1) is 0 Å². The number of hydrogen-bond donors (Lipinski definition) is 2. The SMILES string of the molecule is O=c1[nH]c2ccccc2cc1-c1cc2cc(OCCCN3CCOCC3)ccc2[nH]1. The molecule has 1 saturated heterocycles. The predicted octanol–water partition coefficient (Wildman–Crippen LogP) is 3.78. The number of rotatable bonds is 6. The third-order valence-corrected chi connectivity index (χ3v) is 5.63. The second-order valence-corrected chi connectivity index (χ2v) is 7.69. The van der Waals surface area contributed by atoms with E-state index in [1.54, 1.807) is 0 Å². The first-order chi connectivity index (χ1) is 14.8. The van der Waals surface area contributed by atoms with E-state index >= 15 is 0 Å². The maximum absolute atomic E-state index is 12.6. The minimum atomic E-state index is -0.0974. The van der Waals surface area contributed by atoms with E-state index in [1.807, 2.05) is 54.6 Å². The summed E-state index contributed by atoms with van der Waals surface area (Å²) in [7, 11) is 0. The standard InChI is InChI=1S/C24H25N3O3/c28-24-20(15-17-4-1-2-5-21(17)26-24)23-16-18-14-19(6-7-22(18)25-23)30-11-3-8-27-9-12-29-13-10-27/h1-2,4-7,14-16,25H,3,8-13H2,(H,26,28). The topological polar surface area (TPSA) is 70.3 Å². The molecular formula is C24H25N3O3. The fraction of sp³-hybridized carbons (Fsp3) is 0.292. The second-order valence-electron chi connectivity index (χ2n) is 7.69. The summed E-state index contributed by atoms with van der Waals surface area (Å²) >= 11 is 0. The van der Waals surface area contributed by atoms with Crippen LogP contribution in [0.4, 0.5) is 0 Å². The molecule has 3 heterocycles. The summed E-state index contributed by atoms with van der Waals surface area (Å²) in [6.45, 7) is 5.38. The number of hydrogen-bond acceptors (Lipinski definition) is 4. The molecule has 0 unspecified atom stereocenters. The van der Waals surface area contributed by atoms with Gasteiger partial charge in [0.1, 0.15) is 5.75 Å². The van der Waals surface area contributed by atoms with Crippen LogP contribution in [0.5, 0.6) is 5.75 Å². The average molecular weight is 403 g/mol. The van der Waals surface area contributed by atoms with Gasteiger partial charge in [-0.15, -0.1) is 0 Å². The predicted molar refractivity (Wildman–Crippen MR) is 119 cm³/mol. The molecule has 4 aromatic rings. The van der Waals surface area contributed by atoms with Crippen LogP contribution in [-0.2, 0) is 4.74 Å². The van der Waals surface area contributed by atoms with Gasteiger partial charge in [0, 0.05) is 36.1 Å². The van der Waals surface area contributed by atoms with Crippen molar-refractivity contribution in [3.63, 3.8) is 0 Å². The van der Waals surface area contributed by atoms with E-state index in [2.05, 4.69) is 14.9 Å². The van der Waals surface area contributed by atoms with E-state index in [-0.39, 0.29) is 5.56 Å². The minimum absolute atomic E-state index is 0.0974. The number of nitrogens with zero attached hydrogens (tertiary/aromatic N) is 1. The van der Waals surface area contributed by atoms with E-state index in [1.165, 1.54) is 0 Å². The molecule has 1 aliphatic heterocycles. The Bertz CT molecular complexity index is 1220. The highest BCUT2D eigenvalue weighted by Gasteiger charge is 2.11. The smallest absolute Gasteiger partial charge is 0.257 e. The van der Waals surface area contributed by atoms with Gasteiger partial charge in [-0.2, -0.15) is 0 Å². The highest BCUT2D eigenvalue weighted by molar-refractivity contribution is 5.89. The maximum atomic E-state index is 12.6. The summed E-state index contributed by atoms with van der Waals surface area (Å²) in [4.78, 5) is 21.3. The molecule has 2 N–H and O–H groups in total. The molecule has 5 rings (SSSR count). The molecule has 2 aromatic heterocycles. The molecule has 0 spiro atoms. The number of H-pyrrole nitrogens is 2. The van der Waals surface area contributed by atoms with Crippen molar-refractivity contribution in [3.05, 3.63) is 65.0 Å². The lowest BCUT2D eigenvalue weighted by molar-refractivity contribution is 0.0358. The molecule has 0 amide bonds. The molecule has 0 radical (unpaired) electrons. The quantitative estimate of drug-likeness (QED) is 0.481. The lowest BCUT2D eigenvalue weighted by Crippen LogP contribution is -2.37. The number of benzene rings is 2. The van der Waals surface area contributed by atoms with E-state index < -0.39 is 0 Å². The molecule has 1 aliphatic rings. The monoisotopic (exact) mass is 403 g/mol. The summed E-state index contributed by atoms with van der Waals surface area (Å²) in [5.41, 5.74) is 3.17. The molecule has 6 nitrogen and oxygen atoms in total. The van der Waals surface area contributed by atoms with Gasteiger partial charge >= 0.3 is 0 Å². The fourth-order valence-corrected chi connectivity index (χ4v) is 4.00. The van der Waals surface area contributed by atoms with Crippen LogP contribution < -0.4 is 10.3 Å². The van der Waals surface area contributed by atoms with E-state index in [9.17, 15) is 4.79 Å². The second kappa shape index (κ2) is 8.34. The van der Waals surface area contributed by atoms with Gasteiger partial charge in [0.25, 0.3) is 5.56 Å². The zero-order chi connectivity index (χ0) is 20.3. The number of ether oxygens (including phenoxy) is 2. The summed E-state index contributed by atoms with van der Waals surface area (Å²) in [6, 6.07) is 17.8. The number of aromatic amines is 2. The first-order valence-electron chi connectivity index (χ1n) is 10.4. The summed E-state index contributed by atoms with van der Waals surface area (Å²) < 4.78 is 11.3. The molecule has 0 aliphatic carbocycles. The third kappa shape index (κ3) is 3.97. The number of morpholine rings is 1. The highest BCUT2D eigenvalue weighted by atomic mass is 16.5. The van der Waals surface area contributed by atoms with Gasteiger partial charge in [-0.3, -0.25) is 9.69 Å². The Labute approximate surface area is 174 Å². The zero-order valence-corrected chi connectivity index (χ0v) is 16.8. The first kappa shape index (κ1) is 18.9. The Kier molecular flexibility index (Phi) is 5.26. The van der Waals surface area contributed by atoms with Gasteiger partial charge in [0.05, 0.1) is 31.1 Å². The van der Waals surface area contributed by atoms with E-state index in [0.29, 0.717) is 12.2 Å². The van der Waals surface area contributed by atoms with Crippen molar-refractivity contribution in [3.8, 4) is 17.0 Å². The van der Waals surface area contributed by atoms with Crippen LogP contribution in [0.2, 0.25) is 0 Å².